The van der Waals surface area contributed by atoms with Crippen LogP contribution in [0.2, 0.25) is 10.0 Å². The average molecular weight is 626 g/mol. The predicted octanol–water partition coefficient (Wildman–Crippen LogP) is 6.53. The fraction of sp³-hybridized carbons (Fsp3) is 0.379. The Morgan fingerprint density at radius 2 is 1.80 bits per heavy atom. The molecule has 12 heteroatoms. The summed E-state index contributed by atoms with van der Waals surface area (Å²) >= 11 is 12.8. The zero-order valence-corrected chi connectivity index (χ0v) is 25.1. The molecule has 2 aromatic heterocycles. The first-order valence-corrected chi connectivity index (χ1v) is 13.8. The number of benzene rings is 1. The molecule has 1 aromatic carbocycles. The van der Waals surface area contributed by atoms with Crippen LogP contribution in [0.15, 0.2) is 42.6 Å². The Morgan fingerprint density at radius 3 is 2.46 bits per heavy atom. The van der Waals surface area contributed by atoms with E-state index >= 15 is 0 Å². The highest BCUT2D eigenvalue weighted by molar-refractivity contribution is 6.33. The van der Waals surface area contributed by atoms with Crippen LogP contribution >= 0.6 is 35.6 Å². The minimum Gasteiger partial charge on any atom is -0.492 e. The van der Waals surface area contributed by atoms with Gasteiger partial charge in [-0.2, -0.15) is 0 Å². The first-order chi connectivity index (χ1) is 19.1. The van der Waals surface area contributed by atoms with E-state index in [1.165, 1.54) is 6.07 Å². The monoisotopic (exact) mass is 624 g/mol. The number of nitrogens with one attached hydrogen (secondary N) is 1. The number of carboxylic acids is 1. The molecule has 0 spiro atoms. The summed E-state index contributed by atoms with van der Waals surface area (Å²) in [4.78, 5) is 36.3. The Morgan fingerprint density at radius 1 is 1.07 bits per heavy atom. The Kier molecular flexibility index (Phi) is 11.3. The number of carbonyl (C=O) groups excluding carboxylic acids is 1. The van der Waals surface area contributed by atoms with Crippen LogP contribution < -0.4 is 10.1 Å². The van der Waals surface area contributed by atoms with Gasteiger partial charge in [-0.1, -0.05) is 48.5 Å². The SMILES string of the molecule is CN(C)CCCOc1cc(-c2nc(C(=O)NC3(C(=O)O)CCCCC3)ccc2-c2ncc(F)cc2Cl)ccc1Cl.Cl. The quantitative estimate of drug-likeness (QED) is 0.247. The van der Waals surface area contributed by atoms with E-state index in [2.05, 4.69) is 20.2 Å². The molecule has 1 aliphatic rings. The molecule has 4 rings (SSSR count). The lowest BCUT2D eigenvalue weighted by atomic mass is 9.81. The van der Waals surface area contributed by atoms with E-state index in [0.29, 0.717) is 59.9 Å². The number of rotatable bonds is 10. The van der Waals surface area contributed by atoms with Crippen LogP contribution in [-0.2, 0) is 4.79 Å². The number of carbonyl (C=O) groups is 2. The normalized spacial score (nSPS) is 14.3. The van der Waals surface area contributed by atoms with Gasteiger partial charge >= 0.3 is 5.97 Å². The number of pyridine rings is 2. The molecular weight excluding hydrogens is 594 g/mol. The third-order valence-electron chi connectivity index (χ3n) is 6.87. The van der Waals surface area contributed by atoms with Gasteiger partial charge in [-0.25, -0.2) is 14.2 Å². The summed E-state index contributed by atoms with van der Waals surface area (Å²) in [5, 5.41) is 13.1. The highest BCUT2D eigenvalue weighted by Gasteiger charge is 2.41. The molecule has 8 nitrogen and oxygen atoms in total. The second kappa shape index (κ2) is 14.3. The zero-order chi connectivity index (χ0) is 28.9. The highest BCUT2D eigenvalue weighted by atomic mass is 35.5. The van der Waals surface area contributed by atoms with E-state index in [9.17, 15) is 19.1 Å². The van der Waals surface area contributed by atoms with Gasteiger partial charge in [0.2, 0.25) is 0 Å². The predicted molar refractivity (Wildman–Crippen MR) is 160 cm³/mol. The standard InChI is InChI=1S/C29H31Cl2FN4O4.ClH/c1-36(2)13-6-14-40-24-15-18(7-9-21(24)30)25-20(26-22(31)16-19(32)17-33-26)8-10-23(34-25)27(37)35-29(28(38)39)11-4-3-5-12-29;/h7-10,15-17H,3-6,11-14H2,1-2H3,(H,35,37)(H,38,39);1H. The van der Waals surface area contributed by atoms with Crippen LogP contribution in [0.4, 0.5) is 4.39 Å². The minimum atomic E-state index is -1.34. The lowest BCUT2D eigenvalue weighted by Gasteiger charge is -2.33. The largest absolute Gasteiger partial charge is 0.492 e. The van der Waals surface area contributed by atoms with Gasteiger partial charge in [0.25, 0.3) is 5.91 Å². The molecule has 3 aromatic rings. The van der Waals surface area contributed by atoms with Crippen LogP contribution in [0.3, 0.4) is 0 Å². The van der Waals surface area contributed by atoms with Crippen molar-refractivity contribution in [2.24, 2.45) is 0 Å². The van der Waals surface area contributed by atoms with Crippen molar-refractivity contribution in [3.05, 3.63) is 64.2 Å². The second-order valence-corrected chi connectivity index (χ2v) is 10.9. The molecule has 0 unspecified atom stereocenters. The molecule has 1 saturated carbocycles. The average Bonchev–Trinajstić information content (AvgIpc) is 2.92. The fourth-order valence-electron chi connectivity index (χ4n) is 4.76. The summed E-state index contributed by atoms with van der Waals surface area (Å²) in [6, 6.07) is 9.34. The zero-order valence-electron chi connectivity index (χ0n) is 22.8. The van der Waals surface area contributed by atoms with Gasteiger partial charge in [0.15, 0.2) is 0 Å². The number of amides is 1. The van der Waals surface area contributed by atoms with E-state index < -0.39 is 23.2 Å². The van der Waals surface area contributed by atoms with Crippen LogP contribution in [0, 0.1) is 5.82 Å². The first-order valence-electron chi connectivity index (χ1n) is 13.1. The molecule has 0 aliphatic heterocycles. The number of halogens is 4. The summed E-state index contributed by atoms with van der Waals surface area (Å²) in [6.45, 7) is 1.28. The molecule has 1 amide bonds. The first kappa shape index (κ1) is 32.5. The number of aliphatic carboxylic acids is 1. The molecule has 0 atom stereocenters. The maximum absolute atomic E-state index is 13.8. The highest BCUT2D eigenvalue weighted by Crippen LogP contribution is 2.37. The van der Waals surface area contributed by atoms with E-state index in [1.54, 1.807) is 24.3 Å². The van der Waals surface area contributed by atoms with Crippen molar-refractivity contribution < 1.29 is 23.8 Å². The Labute approximate surface area is 254 Å². The number of aromatic nitrogens is 2. The molecular formula is C29H32Cl3FN4O4. The molecule has 0 saturated heterocycles. The molecule has 220 valence electrons. The van der Waals surface area contributed by atoms with Crippen molar-refractivity contribution in [1.29, 1.82) is 0 Å². The lowest BCUT2D eigenvalue weighted by Crippen LogP contribution is -2.55. The number of hydrogen-bond donors (Lipinski definition) is 2. The van der Waals surface area contributed by atoms with E-state index in [4.69, 9.17) is 27.9 Å². The molecule has 1 fully saturated rings. The molecule has 1 aliphatic carbocycles. The number of carboxylic acid groups (broad SMARTS) is 1. The summed E-state index contributed by atoms with van der Waals surface area (Å²) < 4.78 is 19.7. The maximum Gasteiger partial charge on any atom is 0.329 e. The van der Waals surface area contributed by atoms with Crippen molar-refractivity contribution >= 4 is 47.5 Å². The number of hydrogen-bond acceptors (Lipinski definition) is 6. The van der Waals surface area contributed by atoms with Gasteiger partial charge in [0.05, 0.1) is 34.2 Å². The molecule has 0 radical (unpaired) electrons. The van der Waals surface area contributed by atoms with Crippen LogP contribution in [0.5, 0.6) is 5.75 Å². The van der Waals surface area contributed by atoms with Crippen LogP contribution in [0.1, 0.15) is 49.0 Å². The Balaban J connectivity index is 0.00000462. The van der Waals surface area contributed by atoms with Gasteiger partial charge in [0, 0.05) is 17.7 Å². The van der Waals surface area contributed by atoms with E-state index in [-0.39, 0.29) is 28.8 Å². The summed E-state index contributed by atoms with van der Waals surface area (Å²) in [6.07, 6.45) is 4.87. The van der Waals surface area contributed by atoms with Crippen LogP contribution in [0.25, 0.3) is 22.5 Å². The maximum atomic E-state index is 13.8. The van der Waals surface area contributed by atoms with E-state index in [0.717, 1.165) is 31.6 Å². The second-order valence-electron chi connectivity index (χ2n) is 10.1. The summed E-state index contributed by atoms with van der Waals surface area (Å²) in [7, 11) is 3.95. The van der Waals surface area contributed by atoms with Crippen LogP contribution in [-0.4, -0.2) is 64.6 Å². The third-order valence-corrected chi connectivity index (χ3v) is 7.47. The number of nitrogens with zero attached hydrogens (tertiary/aromatic N) is 3. The van der Waals surface area contributed by atoms with Gasteiger partial charge < -0.3 is 20.1 Å². The molecule has 2 N–H and O–H groups in total. The molecule has 2 heterocycles. The summed E-state index contributed by atoms with van der Waals surface area (Å²) in [5.41, 5.74) is 0.293. The Hall–Kier alpha value is -2.98. The van der Waals surface area contributed by atoms with Gasteiger partial charge in [-0.3, -0.25) is 9.78 Å². The molecule has 0 bridgehead atoms. The molecule has 41 heavy (non-hydrogen) atoms. The van der Waals surface area contributed by atoms with Gasteiger partial charge in [0.1, 0.15) is 22.8 Å². The van der Waals surface area contributed by atoms with Crippen molar-refractivity contribution in [1.82, 2.24) is 20.2 Å². The number of ether oxygens (including phenoxy) is 1. The fourth-order valence-corrected chi connectivity index (χ4v) is 5.19. The summed E-state index contributed by atoms with van der Waals surface area (Å²) in [5.74, 6) is -1.82. The minimum absolute atomic E-state index is 0. The van der Waals surface area contributed by atoms with Crippen molar-refractivity contribution in [2.75, 3.05) is 27.2 Å². The smallest absolute Gasteiger partial charge is 0.329 e. The van der Waals surface area contributed by atoms with Gasteiger partial charge in [-0.15, -0.1) is 12.4 Å². The van der Waals surface area contributed by atoms with E-state index in [1.807, 2.05) is 14.1 Å². The van der Waals surface area contributed by atoms with Crippen molar-refractivity contribution in [3.63, 3.8) is 0 Å². The van der Waals surface area contributed by atoms with Crippen molar-refractivity contribution in [3.8, 4) is 28.3 Å². The topological polar surface area (TPSA) is 105 Å². The Bertz CT molecular complexity index is 1400. The van der Waals surface area contributed by atoms with Gasteiger partial charge in [-0.05, 0) is 63.7 Å². The lowest BCUT2D eigenvalue weighted by molar-refractivity contribution is -0.145. The third kappa shape index (κ3) is 7.86. The van der Waals surface area contributed by atoms with Crippen molar-refractivity contribution in [2.45, 2.75) is 44.1 Å².